The minimum atomic E-state index is -1.24. The van der Waals surface area contributed by atoms with Gasteiger partial charge in [-0.15, -0.1) is 0 Å². The van der Waals surface area contributed by atoms with E-state index in [0.29, 0.717) is 31.0 Å². The van der Waals surface area contributed by atoms with E-state index in [1.54, 1.807) is 40.3 Å². The van der Waals surface area contributed by atoms with E-state index in [1.165, 1.54) is 15.8 Å². The first-order chi connectivity index (χ1) is 17.0. The van der Waals surface area contributed by atoms with Crippen LogP contribution in [0.1, 0.15) is 62.3 Å². The van der Waals surface area contributed by atoms with Gasteiger partial charge in [0.15, 0.2) is 11.9 Å². The Morgan fingerprint density at radius 3 is 2.89 bits per heavy atom. The second-order valence-electron chi connectivity index (χ2n) is 11.2. The van der Waals surface area contributed by atoms with Crippen LogP contribution < -0.4 is 5.32 Å². The number of halogens is 1. The van der Waals surface area contributed by atoms with Crippen molar-refractivity contribution in [1.29, 1.82) is 0 Å². The number of likely N-dealkylation sites (tertiary alicyclic amines) is 1. The fourth-order valence-corrected chi connectivity index (χ4v) is 4.87. The van der Waals surface area contributed by atoms with E-state index < -0.39 is 23.8 Å². The first-order valence-electron chi connectivity index (χ1n) is 12.3. The monoisotopic (exact) mass is 503 g/mol. The molecule has 1 aromatic rings. The predicted octanol–water partition coefficient (Wildman–Crippen LogP) is 2.80. The molecule has 3 heterocycles. The van der Waals surface area contributed by atoms with E-state index in [2.05, 4.69) is 27.5 Å². The van der Waals surface area contributed by atoms with Crippen LogP contribution in [-0.2, 0) is 22.3 Å². The van der Waals surface area contributed by atoms with Crippen molar-refractivity contribution in [2.24, 2.45) is 16.4 Å². The van der Waals surface area contributed by atoms with Crippen LogP contribution in [0, 0.1) is 11.3 Å². The number of carbonyl (C=O) groups is 2. The Morgan fingerprint density at radius 1 is 1.42 bits per heavy atom. The van der Waals surface area contributed by atoms with Gasteiger partial charge in [0.2, 0.25) is 6.20 Å². The van der Waals surface area contributed by atoms with Gasteiger partial charge in [-0.2, -0.15) is 5.10 Å². The molecular formula is C25H36FN6O4+. The maximum Gasteiger partial charge on any atom is 0.410 e. The lowest BCUT2D eigenvalue weighted by molar-refractivity contribution is -0.455. The van der Waals surface area contributed by atoms with Gasteiger partial charge in [0.05, 0.1) is 19.1 Å². The maximum atomic E-state index is 14.8. The number of carbonyl (C=O) groups excluding carboxylic acids is 2. The van der Waals surface area contributed by atoms with Crippen LogP contribution in [-0.4, -0.2) is 82.8 Å². The third-order valence-corrected chi connectivity index (χ3v) is 6.69. The molecule has 2 aliphatic heterocycles. The number of piperidine rings is 1. The lowest BCUT2D eigenvalue weighted by Gasteiger charge is -2.33. The van der Waals surface area contributed by atoms with Gasteiger partial charge in [-0.25, -0.2) is 9.18 Å². The van der Waals surface area contributed by atoms with Gasteiger partial charge in [0.25, 0.3) is 5.91 Å². The van der Waals surface area contributed by atoms with Crippen LogP contribution in [0.5, 0.6) is 0 Å². The fourth-order valence-electron chi connectivity index (χ4n) is 4.87. The van der Waals surface area contributed by atoms with Gasteiger partial charge in [-0.3, -0.25) is 9.89 Å². The largest absolute Gasteiger partial charge is 0.444 e. The summed E-state index contributed by atoms with van der Waals surface area (Å²) < 4.78 is 27.0. The third-order valence-electron chi connectivity index (χ3n) is 6.69. The van der Waals surface area contributed by atoms with Crippen molar-refractivity contribution in [2.75, 3.05) is 26.8 Å². The van der Waals surface area contributed by atoms with E-state index >= 15 is 0 Å². The van der Waals surface area contributed by atoms with Gasteiger partial charge in [-0.05, 0) is 57.0 Å². The number of aromatic nitrogens is 2. The quantitative estimate of drug-likeness (QED) is 0.600. The van der Waals surface area contributed by atoms with E-state index in [9.17, 15) is 14.0 Å². The molecule has 1 unspecified atom stereocenters. The predicted molar refractivity (Wildman–Crippen MR) is 132 cm³/mol. The molecule has 11 heteroatoms. The van der Waals surface area contributed by atoms with Crippen LogP contribution in [0.2, 0.25) is 0 Å². The number of nitrogens with zero attached hydrogens (tertiary/aromatic N) is 4. The van der Waals surface area contributed by atoms with Crippen molar-refractivity contribution in [3.05, 3.63) is 28.8 Å². The Morgan fingerprint density at radius 2 is 2.19 bits per heavy atom. The van der Waals surface area contributed by atoms with E-state index in [0.717, 1.165) is 30.5 Å². The minimum absolute atomic E-state index is 0.0241. The van der Waals surface area contributed by atoms with Gasteiger partial charge in [-0.1, -0.05) is 11.6 Å². The molecule has 196 valence electrons. The standard InChI is InChI=1S/C25H35FN6O4/c1-24(2,3)36-23(34)31-9-7-16(19(26)14-31)12-32-13-17(11-27-32)28-22(33)21-18-6-8-25(4,15-35-5)10-20(18)29-30-21/h11-13,16,19H,6-10,14-15H2,1-5H3,(H-,28,29,30,33)/p+1/b32-12+/t16?,19-,25+/m1/s1. The van der Waals surface area contributed by atoms with E-state index in [-0.39, 0.29) is 17.9 Å². The zero-order valence-corrected chi connectivity index (χ0v) is 21.6. The molecule has 0 saturated carbocycles. The zero-order valence-electron chi connectivity index (χ0n) is 21.6. The molecule has 0 spiro atoms. The Kier molecular flexibility index (Phi) is 7.31. The molecule has 2 amide bonds. The normalized spacial score (nSPS) is 27.1. The number of aromatic amines is 1. The first-order valence-corrected chi connectivity index (χ1v) is 12.3. The van der Waals surface area contributed by atoms with Crippen LogP contribution in [0.4, 0.5) is 9.18 Å². The summed E-state index contributed by atoms with van der Waals surface area (Å²) in [5.74, 6) is -0.719. The molecule has 1 fully saturated rings. The number of ether oxygens (including phenoxy) is 2. The molecule has 0 bridgehead atoms. The summed E-state index contributed by atoms with van der Waals surface area (Å²) >= 11 is 0. The number of hydrogen-bond acceptors (Lipinski definition) is 6. The highest BCUT2D eigenvalue weighted by molar-refractivity contribution is 5.98. The van der Waals surface area contributed by atoms with E-state index in [1.807, 2.05) is 0 Å². The van der Waals surface area contributed by atoms with Gasteiger partial charge < -0.3 is 19.7 Å². The van der Waals surface area contributed by atoms with Crippen LogP contribution in [0.3, 0.4) is 0 Å². The molecule has 1 aromatic heterocycles. The summed E-state index contributed by atoms with van der Waals surface area (Å²) in [6, 6.07) is 0. The number of fused-ring (bicyclic) bond motifs is 1. The highest BCUT2D eigenvalue weighted by Crippen LogP contribution is 2.35. The fraction of sp³-hybridized carbons (Fsp3) is 0.640. The topological polar surface area (TPSA) is 112 Å². The number of hydrazone groups is 1. The zero-order chi connectivity index (χ0) is 26.1. The minimum Gasteiger partial charge on any atom is -0.444 e. The number of allylic oxidation sites excluding steroid dienone is 1. The first kappa shape index (κ1) is 26.0. The number of amides is 2. The van der Waals surface area contributed by atoms with Crippen molar-refractivity contribution >= 4 is 24.4 Å². The highest BCUT2D eigenvalue weighted by atomic mass is 19.1. The third kappa shape index (κ3) is 6.00. The maximum absolute atomic E-state index is 14.8. The molecule has 1 saturated heterocycles. The molecule has 10 nitrogen and oxygen atoms in total. The number of rotatable bonds is 5. The average molecular weight is 504 g/mol. The second kappa shape index (κ2) is 10.1. The average Bonchev–Trinajstić information content (AvgIpc) is 3.40. The molecule has 0 radical (unpaired) electrons. The smallest absolute Gasteiger partial charge is 0.410 e. The number of methoxy groups -OCH3 is 1. The highest BCUT2D eigenvalue weighted by Gasteiger charge is 2.36. The van der Waals surface area contributed by atoms with Crippen LogP contribution >= 0.6 is 0 Å². The molecule has 3 aliphatic rings. The summed E-state index contributed by atoms with van der Waals surface area (Å²) in [5.41, 5.74) is 2.20. The number of hydrogen-bond donors (Lipinski definition) is 2. The Balaban J connectivity index is 1.35. The summed E-state index contributed by atoms with van der Waals surface area (Å²) in [6.45, 7) is 8.55. The number of nitrogens with one attached hydrogen (secondary N) is 2. The van der Waals surface area contributed by atoms with Crippen molar-refractivity contribution in [3.8, 4) is 0 Å². The summed E-state index contributed by atoms with van der Waals surface area (Å²) in [4.78, 5) is 26.5. The van der Waals surface area contributed by atoms with Crippen LogP contribution in [0.15, 0.2) is 17.0 Å². The SMILES string of the molecule is COC[C@@]1(C)CCc2c(C(=O)NC3=C/[N+](=C\C4CCN(C(=O)OC(C)(C)C)C[C@H]4F)N=C3)n[nH]c2C1. The second-order valence-corrected chi connectivity index (χ2v) is 11.2. The molecular weight excluding hydrogens is 467 g/mol. The molecule has 36 heavy (non-hydrogen) atoms. The number of alkyl halides is 1. The lowest BCUT2D eigenvalue weighted by atomic mass is 9.75. The number of H-pyrrole nitrogens is 1. The molecule has 2 N–H and O–H groups in total. The molecule has 1 aliphatic carbocycles. The summed E-state index contributed by atoms with van der Waals surface area (Å²) in [6.07, 6.45) is 5.98. The van der Waals surface area contributed by atoms with E-state index in [4.69, 9.17) is 9.47 Å². The summed E-state index contributed by atoms with van der Waals surface area (Å²) in [5, 5.41) is 14.4. The van der Waals surface area contributed by atoms with Crippen molar-refractivity contribution in [1.82, 2.24) is 20.4 Å². The van der Waals surface area contributed by atoms with Gasteiger partial charge in [0.1, 0.15) is 23.7 Å². The van der Waals surface area contributed by atoms with Crippen molar-refractivity contribution < 1.29 is 28.1 Å². The Labute approximate surface area is 210 Å². The van der Waals surface area contributed by atoms with Crippen molar-refractivity contribution in [3.63, 3.8) is 0 Å². The van der Waals surface area contributed by atoms with Crippen LogP contribution in [0.25, 0.3) is 0 Å². The lowest BCUT2D eigenvalue weighted by Crippen LogP contribution is -2.47. The Bertz CT molecular complexity index is 1100. The Hall–Kier alpha value is -3.08. The summed E-state index contributed by atoms with van der Waals surface area (Å²) in [7, 11) is 1.70. The van der Waals surface area contributed by atoms with Gasteiger partial charge >= 0.3 is 6.09 Å². The van der Waals surface area contributed by atoms with Crippen molar-refractivity contribution in [2.45, 2.75) is 65.2 Å². The molecule has 3 atom stereocenters. The molecule has 4 rings (SSSR count). The molecule has 0 aromatic carbocycles. The van der Waals surface area contributed by atoms with Gasteiger partial charge in [0, 0.05) is 24.9 Å².